The van der Waals surface area contributed by atoms with E-state index >= 15 is 0 Å². The Morgan fingerprint density at radius 3 is 2.90 bits per heavy atom. The van der Waals surface area contributed by atoms with Crippen LogP contribution >= 0.6 is 0 Å². The van der Waals surface area contributed by atoms with E-state index < -0.39 is 0 Å². The Balaban J connectivity index is 2.65. The average molecular weight is 278 g/mol. The topological polar surface area (TPSA) is 91.8 Å². The first-order chi connectivity index (χ1) is 9.67. The van der Waals surface area contributed by atoms with Crippen molar-refractivity contribution in [3.05, 3.63) is 30.1 Å². The van der Waals surface area contributed by atoms with E-state index in [4.69, 9.17) is 10.9 Å². The van der Waals surface area contributed by atoms with Gasteiger partial charge in [-0.05, 0) is 18.1 Å². The Morgan fingerprint density at radius 2 is 2.30 bits per heavy atom. The zero-order valence-electron chi connectivity index (χ0n) is 11.8. The predicted molar refractivity (Wildman–Crippen MR) is 77.2 cm³/mol. The highest BCUT2D eigenvalue weighted by Gasteiger charge is 2.14. The Morgan fingerprint density at radius 1 is 1.50 bits per heavy atom. The number of amides is 1. The van der Waals surface area contributed by atoms with Crippen LogP contribution in [0.15, 0.2) is 29.7 Å². The fraction of sp³-hybridized carbons (Fsp3) is 0.500. The Kier molecular flexibility index (Phi) is 7.10. The molecule has 1 rings (SSSR count). The molecule has 1 aromatic heterocycles. The molecule has 6 heteroatoms. The van der Waals surface area contributed by atoms with Crippen LogP contribution < -0.4 is 5.73 Å². The van der Waals surface area contributed by atoms with Gasteiger partial charge in [0.1, 0.15) is 5.84 Å². The summed E-state index contributed by atoms with van der Waals surface area (Å²) in [5, 5.41) is 11.5. The molecular formula is C14H22N4O2. The number of unbranched alkanes of at least 4 members (excludes halogenated alkanes) is 1. The second-order valence-electron chi connectivity index (χ2n) is 4.62. The zero-order valence-corrected chi connectivity index (χ0v) is 11.8. The van der Waals surface area contributed by atoms with Crippen LogP contribution in [0.2, 0.25) is 0 Å². The molecule has 1 aromatic rings. The summed E-state index contributed by atoms with van der Waals surface area (Å²) < 4.78 is 0. The first kappa shape index (κ1) is 15.9. The molecule has 1 heterocycles. The summed E-state index contributed by atoms with van der Waals surface area (Å²) in [7, 11) is 0. The van der Waals surface area contributed by atoms with Gasteiger partial charge in [-0.3, -0.25) is 9.78 Å². The number of hydrogen-bond acceptors (Lipinski definition) is 4. The third-order valence-electron chi connectivity index (χ3n) is 2.96. The zero-order chi connectivity index (χ0) is 14.8. The summed E-state index contributed by atoms with van der Waals surface area (Å²) in [4.78, 5) is 17.9. The number of oxime groups is 1. The Labute approximate surface area is 119 Å². The third kappa shape index (κ3) is 5.69. The van der Waals surface area contributed by atoms with Crippen LogP contribution in [0.1, 0.15) is 38.2 Å². The van der Waals surface area contributed by atoms with Crippen molar-refractivity contribution in [3.8, 4) is 0 Å². The van der Waals surface area contributed by atoms with Crippen molar-refractivity contribution in [2.75, 3.05) is 6.54 Å². The molecule has 0 aliphatic carbocycles. The molecule has 110 valence electrons. The molecule has 0 unspecified atom stereocenters. The second kappa shape index (κ2) is 8.90. The molecule has 0 radical (unpaired) electrons. The van der Waals surface area contributed by atoms with Gasteiger partial charge in [0, 0.05) is 38.3 Å². The van der Waals surface area contributed by atoms with Crippen LogP contribution in [0.3, 0.4) is 0 Å². The summed E-state index contributed by atoms with van der Waals surface area (Å²) in [5.74, 6) is 0.214. The molecule has 0 aliphatic heterocycles. The molecule has 3 N–H and O–H groups in total. The van der Waals surface area contributed by atoms with Gasteiger partial charge in [-0.2, -0.15) is 0 Å². The maximum Gasteiger partial charge on any atom is 0.222 e. The molecule has 0 spiro atoms. The van der Waals surface area contributed by atoms with Crippen LogP contribution in [0, 0.1) is 0 Å². The minimum atomic E-state index is 0.0847. The van der Waals surface area contributed by atoms with Crippen molar-refractivity contribution in [1.82, 2.24) is 9.88 Å². The number of amidine groups is 1. The second-order valence-corrected chi connectivity index (χ2v) is 4.62. The summed E-state index contributed by atoms with van der Waals surface area (Å²) in [6, 6.07) is 3.77. The summed E-state index contributed by atoms with van der Waals surface area (Å²) in [6.45, 7) is 2.98. The van der Waals surface area contributed by atoms with Crippen molar-refractivity contribution >= 4 is 11.7 Å². The molecule has 0 aliphatic rings. The SMILES string of the molecule is CCCCC(=O)N(CC/C(N)=N/O)Cc1cccnc1. The largest absolute Gasteiger partial charge is 0.409 e. The Hall–Kier alpha value is -2.11. The fourth-order valence-electron chi connectivity index (χ4n) is 1.79. The highest BCUT2D eigenvalue weighted by Crippen LogP contribution is 2.08. The fourth-order valence-corrected chi connectivity index (χ4v) is 1.79. The van der Waals surface area contributed by atoms with Crippen LogP contribution in [0.25, 0.3) is 0 Å². The van der Waals surface area contributed by atoms with Gasteiger partial charge in [0.05, 0.1) is 0 Å². The van der Waals surface area contributed by atoms with E-state index in [9.17, 15) is 4.79 Å². The molecule has 0 bridgehead atoms. The third-order valence-corrected chi connectivity index (χ3v) is 2.96. The molecule has 0 aromatic carbocycles. The number of hydrogen-bond donors (Lipinski definition) is 2. The minimum Gasteiger partial charge on any atom is -0.409 e. The summed E-state index contributed by atoms with van der Waals surface area (Å²) in [6.07, 6.45) is 6.16. The molecule has 0 saturated carbocycles. The van der Waals surface area contributed by atoms with Gasteiger partial charge in [0.2, 0.25) is 5.91 Å². The number of nitrogens with two attached hydrogens (primary N) is 1. The summed E-state index contributed by atoms with van der Waals surface area (Å²) >= 11 is 0. The van der Waals surface area contributed by atoms with Gasteiger partial charge in [0.15, 0.2) is 0 Å². The first-order valence-corrected chi connectivity index (χ1v) is 6.80. The quantitative estimate of drug-likeness (QED) is 0.328. The van der Waals surface area contributed by atoms with Gasteiger partial charge < -0.3 is 15.8 Å². The molecule has 0 saturated heterocycles. The Bertz CT molecular complexity index is 434. The lowest BCUT2D eigenvalue weighted by Gasteiger charge is -2.22. The van der Waals surface area contributed by atoms with E-state index in [0.717, 1.165) is 18.4 Å². The number of rotatable bonds is 8. The normalized spacial score (nSPS) is 11.3. The molecule has 1 amide bonds. The average Bonchev–Trinajstić information content (AvgIpc) is 2.49. The standard InChI is InChI=1S/C14H22N4O2/c1-2-3-6-14(19)18(9-7-13(15)17-20)11-12-5-4-8-16-10-12/h4-5,8,10,20H,2-3,6-7,9,11H2,1H3,(H2,15,17). The lowest BCUT2D eigenvalue weighted by Crippen LogP contribution is -2.33. The molecular weight excluding hydrogens is 256 g/mol. The van der Waals surface area contributed by atoms with Gasteiger partial charge in [-0.15, -0.1) is 0 Å². The van der Waals surface area contributed by atoms with Crippen molar-refractivity contribution in [2.45, 2.75) is 39.2 Å². The first-order valence-electron chi connectivity index (χ1n) is 6.80. The molecule has 20 heavy (non-hydrogen) atoms. The number of carbonyl (C=O) groups excluding carboxylic acids is 1. The van der Waals surface area contributed by atoms with E-state index in [1.165, 1.54) is 0 Å². The number of carbonyl (C=O) groups is 1. The van der Waals surface area contributed by atoms with Crippen LogP contribution in [-0.2, 0) is 11.3 Å². The van der Waals surface area contributed by atoms with Gasteiger partial charge in [-0.25, -0.2) is 0 Å². The van der Waals surface area contributed by atoms with E-state index in [-0.39, 0.29) is 11.7 Å². The molecule has 0 fully saturated rings. The lowest BCUT2D eigenvalue weighted by atomic mass is 10.2. The number of aromatic nitrogens is 1. The number of pyridine rings is 1. The highest BCUT2D eigenvalue weighted by molar-refractivity contribution is 5.81. The van der Waals surface area contributed by atoms with E-state index in [1.807, 2.05) is 12.1 Å². The highest BCUT2D eigenvalue weighted by atomic mass is 16.4. The number of nitrogens with zero attached hydrogens (tertiary/aromatic N) is 3. The van der Waals surface area contributed by atoms with Crippen LogP contribution in [-0.4, -0.2) is 33.4 Å². The maximum atomic E-state index is 12.2. The monoisotopic (exact) mass is 278 g/mol. The van der Waals surface area contributed by atoms with Crippen molar-refractivity contribution < 1.29 is 10.0 Å². The maximum absolute atomic E-state index is 12.2. The van der Waals surface area contributed by atoms with Gasteiger partial charge >= 0.3 is 0 Å². The van der Waals surface area contributed by atoms with Crippen LogP contribution in [0.5, 0.6) is 0 Å². The van der Waals surface area contributed by atoms with Gasteiger partial charge in [-0.1, -0.05) is 24.6 Å². The minimum absolute atomic E-state index is 0.0847. The van der Waals surface area contributed by atoms with Crippen LogP contribution in [0.4, 0.5) is 0 Å². The van der Waals surface area contributed by atoms with Crippen molar-refractivity contribution in [1.29, 1.82) is 0 Å². The predicted octanol–water partition coefficient (Wildman–Crippen LogP) is 1.74. The van der Waals surface area contributed by atoms with Crippen molar-refractivity contribution in [3.63, 3.8) is 0 Å². The van der Waals surface area contributed by atoms with E-state index in [1.54, 1.807) is 17.3 Å². The summed E-state index contributed by atoms with van der Waals surface area (Å²) in [5.41, 5.74) is 6.43. The smallest absolute Gasteiger partial charge is 0.222 e. The van der Waals surface area contributed by atoms with E-state index in [0.29, 0.717) is 25.9 Å². The van der Waals surface area contributed by atoms with Crippen molar-refractivity contribution in [2.24, 2.45) is 10.9 Å². The molecule has 0 atom stereocenters. The van der Waals surface area contributed by atoms with Gasteiger partial charge in [0.25, 0.3) is 0 Å². The van der Waals surface area contributed by atoms with E-state index in [2.05, 4.69) is 17.1 Å². The molecule has 6 nitrogen and oxygen atoms in total. The lowest BCUT2D eigenvalue weighted by molar-refractivity contribution is -0.131.